The van der Waals surface area contributed by atoms with Crippen LogP contribution < -0.4 is 10.6 Å². The van der Waals surface area contributed by atoms with Gasteiger partial charge in [-0.2, -0.15) is 0 Å². The lowest BCUT2D eigenvalue weighted by Gasteiger charge is -2.09. The Balaban J connectivity index is 2.01. The number of hydrogen-bond acceptors (Lipinski definition) is 3. The van der Waals surface area contributed by atoms with Crippen molar-refractivity contribution in [1.29, 1.82) is 0 Å². The first-order valence-electron chi connectivity index (χ1n) is 6.87. The van der Waals surface area contributed by atoms with Gasteiger partial charge in [0, 0.05) is 16.6 Å². The van der Waals surface area contributed by atoms with Crippen LogP contribution in [0.5, 0.6) is 0 Å². The molecule has 0 atom stereocenters. The summed E-state index contributed by atoms with van der Waals surface area (Å²) in [5, 5.41) is 6.04. The molecule has 2 rings (SSSR count). The van der Waals surface area contributed by atoms with Crippen LogP contribution >= 0.6 is 15.9 Å². The lowest BCUT2D eigenvalue weighted by atomic mass is 10.2. The van der Waals surface area contributed by atoms with Gasteiger partial charge in [-0.3, -0.25) is 4.79 Å². The zero-order valence-corrected chi connectivity index (χ0v) is 13.7. The van der Waals surface area contributed by atoms with Crippen LogP contribution in [0.1, 0.15) is 25.3 Å². The molecule has 0 radical (unpaired) electrons. The number of carbonyl (C=O) groups excluding carboxylic acids is 1. The van der Waals surface area contributed by atoms with E-state index in [1.165, 1.54) is 5.56 Å². The van der Waals surface area contributed by atoms with Crippen molar-refractivity contribution in [2.45, 2.75) is 26.7 Å². The van der Waals surface area contributed by atoms with Crippen molar-refractivity contribution >= 4 is 39.0 Å². The number of aryl methyl sites for hydroxylation is 1. The van der Waals surface area contributed by atoms with Gasteiger partial charge in [-0.15, -0.1) is 0 Å². The van der Waals surface area contributed by atoms with E-state index in [-0.39, 0.29) is 5.91 Å². The number of halogens is 1. The summed E-state index contributed by atoms with van der Waals surface area (Å²) in [6.07, 6.45) is 3.01. The second-order valence-corrected chi connectivity index (χ2v) is 5.67. The van der Waals surface area contributed by atoms with E-state index in [2.05, 4.69) is 31.5 Å². The van der Waals surface area contributed by atoms with Crippen LogP contribution in [-0.2, 0) is 4.79 Å². The summed E-state index contributed by atoms with van der Waals surface area (Å²) in [5.74, 6) is 0.752. The number of benzene rings is 1. The fourth-order valence-corrected chi connectivity index (χ4v) is 2.19. The lowest BCUT2D eigenvalue weighted by Crippen LogP contribution is -2.10. The summed E-state index contributed by atoms with van der Waals surface area (Å²) >= 11 is 3.50. The van der Waals surface area contributed by atoms with Gasteiger partial charge in [0.25, 0.3) is 0 Å². The van der Waals surface area contributed by atoms with Gasteiger partial charge in [0.1, 0.15) is 5.82 Å². The fourth-order valence-electron chi connectivity index (χ4n) is 1.81. The summed E-state index contributed by atoms with van der Waals surface area (Å²) in [4.78, 5) is 15.8. The fraction of sp³-hybridized carbons (Fsp3) is 0.250. The predicted molar refractivity (Wildman–Crippen MR) is 89.9 cm³/mol. The van der Waals surface area contributed by atoms with Gasteiger partial charge >= 0.3 is 0 Å². The van der Waals surface area contributed by atoms with Crippen LogP contribution in [0.3, 0.4) is 0 Å². The minimum absolute atomic E-state index is 0.0162. The van der Waals surface area contributed by atoms with Gasteiger partial charge in [0.05, 0.1) is 11.9 Å². The highest BCUT2D eigenvalue weighted by Gasteiger charge is 2.02. The molecule has 0 aliphatic carbocycles. The summed E-state index contributed by atoms with van der Waals surface area (Å²) in [7, 11) is 0. The zero-order valence-electron chi connectivity index (χ0n) is 12.1. The molecule has 2 N–H and O–H groups in total. The van der Waals surface area contributed by atoms with E-state index in [0.717, 1.165) is 22.4 Å². The first kappa shape index (κ1) is 15.5. The van der Waals surface area contributed by atoms with E-state index < -0.39 is 0 Å². The normalized spacial score (nSPS) is 10.2. The second-order valence-electron chi connectivity index (χ2n) is 4.82. The van der Waals surface area contributed by atoms with Gasteiger partial charge in [-0.25, -0.2) is 4.98 Å². The van der Waals surface area contributed by atoms with Crippen molar-refractivity contribution in [3.63, 3.8) is 0 Å². The molecule has 1 aromatic carbocycles. The maximum atomic E-state index is 11.5. The molecule has 0 spiro atoms. The highest BCUT2D eigenvalue weighted by atomic mass is 79.9. The average Bonchev–Trinajstić information content (AvgIpc) is 2.45. The Kier molecular flexibility index (Phi) is 5.33. The molecule has 2 aromatic rings. The van der Waals surface area contributed by atoms with Crippen LogP contribution in [0.2, 0.25) is 0 Å². The van der Waals surface area contributed by atoms with Crippen LogP contribution in [0.4, 0.5) is 17.2 Å². The van der Waals surface area contributed by atoms with Crippen LogP contribution in [0, 0.1) is 6.92 Å². The van der Waals surface area contributed by atoms with E-state index in [1.807, 2.05) is 44.2 Å². The molecule has 0 aliphatic heterocycles. The molecule has 5 heteroatoms. The third kappa shape index (κ3) is 4.56. The third-order valence-corrected chi connectivity index (χ3v) is 3.82. The standard InChI is InChI=1S/C16H18BrN3O/c1-3-4-16(21)20-13-7-8-15(18-10-13)19-12-6-5-11(2)14(17)9-12/h5-10H,3-4H2,1-2H3,(H,18,19)(H,20,21). The highest BCUT2D eigenvalue weighted by Crippen LogP contribution is 2.23. The van der Waals surface area contributed by atoms with Crippen molar-refractivity contribution in [2.24, 2.45) is 0 Å². The molecule has 1 aromatic heterocycles. The number of anilines is 3. The van der Waals surface area contributed by atoms with E-state index in [0.29, 0.717) is 12.1 Å². The summed E-state index contributed by atoms with van der Waals surface area (Å²) in [6, 6.07) is 9.72. The molecule has 21 heavy (non-hydrogen) atoms. The highest BCUT2D eigenvalue weighted by molar-refractivity contribution is 9.10. The topological polar surface area (TPSA) is 54.0 Å². The van der Waals surface area contributed by atoms with Gasteiger partial charge in [-0.05, 0) is 43.2 Å². The SMILES string of the molecule is CCCC(=O)Nc1ccc(Nc2ccc(C)c(Br)c2)nc1. The lowest BCUT2D eigenvalue weighted by molar-refractivity contribution is -0.116. The predicted octanol–water partition coefficient (Wildman–Crippen LogP) is 4.63. The van der Waals surface area contributed by atoms with Crippen molar-refractivity contribution < 1.29 is 4.79 Å². The number of rotatable bonds is 5. The van der Waals surface area contributed by atoms with Crippen molar-refractivity contribution in [3.05, 3.63) is 46.6 Å². The quantitative estimate of drug-likeness (QED) is 0.828. The number of amides is 1. The number of nitrogens with zero attached hydrogens (tertiary/aromatic N) is 1. The Morgan fingerprint density at radius 3 is 2.62 bits per heavy atom. The third-order valence-electron chi connectivity index (χ3n) is 2.97. The number of carbonyl (C=O) groups is 1. The molecule has 0 saturated heterocycles. The number of nitrogens with one attached hydrogen (secondary N) is 2. The minimum Gasteiger partial charge on any atom is -0.340 e. The Morgan fingerprint density at radius 2 is 2.00 bits per heavy atom. The van der Waals surface area contributed by atoms with Gasteiger partial charge in [0.15, 0.2) is 0 Å². The maximum absolute atomic E-state index is 11.5. The average molecular weight is 348 g/mol. The monoisotopic (exact) mass is 347 g/mol. The number of aromatic nitrogens is 1. The molecule has 4 nitrogen and oxygen atoms in total. The summed E-state index contributed by atoms with van der Waals surface area (Å²) in [6.45, 7) is 4.02. The molecule has 1 amide bonds. The molecule has 0 aliphatic rings. The molecular weight excluding hydrogens is 330 g/mol. The number of hydrogen-bond donors (Lipinski definition) is 2. The molecule has 0 unspecified atom stereocenters. The summed E-state index contributed by atoms with van der Waals surface area (Å²) in [5.41, 5.74) is 2.86. The first-order valence-corrected chi connectivity index (χ1v) is 7.67. The largest absolute Gasteiger partial charge is 0.340 e. The summed E-state index contributed by atoms with van der Waals surface area (Å²) < 4.78 is 1.05. The van der Waals surface area contributed by atoms with Crippen LogP contribution in [0.25, 0.3) is 0 Å². The second kappa shape index (κ2) is 7.22. The maximum Gasteiger partial charge on any atom is 0.224 e. The van der Waals surface area contributed by atoms with Crippen molar-refractivity contribution in [2.75, 3.05) is 10.6 Å². The van der Waals surface area contributed by atoms with Gasteiger partial charge < -0.3 is 10.6 Å². The van der Waals surface area contributed by atoms with Crippen molar-refractivity contribution in [3.8, 4) is 0 Å². The molecule has 0 saturated carbocycles. The zero-order chi connectivity index (χ0) is 15.2. The Morgan fingerprint density at radius 1 is 1.24 bits per heavy atom. The molecule has 1 heterocycles. The Hall–Kier alpha value is -1.88. The van der Waals surface area contributed by atoms with Gasteiger partial charge in [-0.1, -0.05) is 28.9 Å². The Labute approximate surface area is 133 Å². The van der Waals surface area contributed by atoms with Crippen LogP contribution in [0.15, 0.2) is 41.0 Å². The minimum atomic E-state index is 0.0162. The molecule has 110 valence electrons. The van der Waals surface area contributed by atoms with Crippen molar-refractivity contribution in [1.82, 2.24) is 4.98 Å². The van der Waals surface area contributed by atoms with Crippen LogP contribution in [-0.4, -0.2) is 10.9 Å². The van der Waals surface area contributed by atoms with Gasteiger partial charge in [0.2, 0.25) is 5.91 Å². The molecule has 0 fully saturated rings. The van der Waals surface area contributed by atoms with E-state index in [4.69, 9.17) is 0 Å². The molecular formula is C16H18BrN3O. The van der Waals surface area contributed by atoms with E-state index >= 15 is 0 Å². The smallest absolute Gasteiger partial charge is 0.224 e. The van der Waals surface area contributed by atoms with E-state index in [9.17, 15) is 4.79 Å². The first-order chi connectivity index (χ1) is 10.1. The Bertz CT molecular complexity index is 626. The number of pyridine rings is 1. The molecule has 0 bridgehead atoms. The van der Waals surface area contributed by atoms with E-state index in [1.54, 1.807) is 6.20 Å².